The van der Waals surface area contributed by atoms with Gasteiger partial charge in [0.25, 0.3) is 0 Å². The Balaban J connectivity index is 1.99. The molecule has 1 fully saturated rings. The number of halogens is 1. The number of nitrogens with two attached hydrogens (primary N) is 1. The van der Waals surface area contributed by atoms with Gasteiger partial charge in [0.2, 0.25) is 0 Å². The SMILES string of the molecule is CN(Cc1ccc(F)c(CN)c1)C1CCCCC1. The monoisotopic (exact) mass is 250 g/mol. The van der Waals surface area contributed by atoms with Gasteiger partial charge in [-0.2, -0.15) is 0 Å². The summed E-state index contributed by atoms with van der Waals surface area (Å²) in [4.78, 5) is 2.40. The first-order valence-corrected chi connectivity index (χ1v) is 6.88. The van der Waals surface area contributed by atoms with Gasteiger partial charge in [0.1, 0.15) is 5.82 Å². The van der Waals surface area contributed by atoms with Gasteiger partial charge in [0, 0.05) is 24.7 Å². The molecule has 2 rings (SSSR count). The number of benzene rings is 1. The highest BCUT2D eigenvalue weighted by Crippen LogP contribution is 2.23. The highest BCUT2D eigenvalue weighted by atomic mass is 19.1. The van der Waals surface area contributed by atoms with E-state index in [-0.39, 0.29) is 12.4 Å². The van der Waals surface area contributed by atoms with Gasteiger partial charge >= 0.3 is 0 Å². The summed E-state index contributed by atoms with van der Waals surface area (Å²) in [6.07, 6.45) is 6.64. The molecule has 0 atom stereocenters. The molecule has 1 saturated carbocycles. The van der Waals surface area contributed by atoms with Crippen LogP contribution in [0.5, 0.6) is 0 Å². The van der Waals surface area contributed by atoms with Crippen molar-refractivity contribution in [2.75, 3.05) is 7.05 Å². The van der Waals surface area contributed by atoms with Crippen molar-refractivity contribution in [3.05, 3.63) is 35.1 Å². The average Bonchev–Trinajstić information content (AvgIpc) is 2.42. The topological polar surface area (TPSA) is 29.3 Å². The molecule has 0 radical (unpaired) electrons. The van der Waals surface area contributed by atoms with E-state index in [2.05, 4.69) is 11.9 Å². The van der Waals surface area contributed by atoms with Crippen molar-refractivity contribution in [2.45, 2.75) is 51.2 Å². The minimum Gasteiger partial charge on any atom is -0.326 e. The van der Waals surface area contributed by atoms with Crippen LogP contribution in [0.4, 0.5) is 4.39 Å². The fourth-order valence-corrected chi connectivity index (χ4v) is 2.82. The predicted molar refractivity (Wildman–Crippen MR) is 72.6 cm³/mol. The highest BCUT2D eigenvalue weighted by Gasteiger charge is 2.18. The molecule has 0 spiro atoms. The van der Waals surface area contributed by atoms with Gasteiger partial charge in [0.15, 0.2) is 0 Å². The van der Waals surface area contributed by atoms with Gasteiger partial charge < -0.3 is 5.73 Å². The lowest BCUT2D eigenvalue weighted by Gasteiger charge is -2.31. The van der Waals surface area contributed by atoms with Crippen LogP contribution >= 0.6 is 0 Å². The van der Waals surface area contributed by atoms with Crippen LogP contribution < -0.4 is 5.73 Å². The van der Waals surface area contributed by atoms with Crippen LogP contribution in [0.2, 0.25) is 0 Å². The second-order valence-electron chi connectivity index (χ2n) is 5.34. The third-order valence-corrected chi connectivity index (χ3v) is 3.96. The van der Waals surface area contributed by atoms with E-state index in [1.54, 1.807) is 0 Å². The molecule has 2 nitrogen and oxygen atoms in total. The Hall–Kier alpha value is -0.930. The molecule has 0 heterocycles. The van der Waals surface area contributed by atoms with E-state index in [4.69, 9.17) is 5.73 Å². The second kappa shape index (κ2) is 6.30. The minimum absolute atomic E-state index is 0.193. The quantitative estimate of drug-likeness (QED) is 0.890. The van der Waals surface area contributed by atoms with Crippen LogP contribution in [0.1, 0.15) is 43.2 Å². The predicted octanol–water partition coefficient (Wildman–Crippen LogP) is 3.05. The van der Waals surface area contributed by atoms with E-state index in [1.165, 1.54) is 38.2 Å². The van der Waals surface area contributed by atoms with Gasteiger partial charge in [-0.3, -0.25) is 4.90 Å². The second-order valence-corrected chi connectivity index (χ2v) is 5.34. The first-order valence-electron chi connectivity index (χ1n) is 6.88. The number of hydrogen-bond acceptors (Lipinski definition) is 2. The van der Waals surface area contributed by atoms with E-state index >= 15 is 0 Å². The molecule has 3 heteroatoms. The molecule has 1 aromatic carbocycles. The zero-order valence-electron chi connectivity index (χ0n) is 11.2. The molecule has 2 N–H and O–H groups in total. The van der Waals surface area contributed by atoms with Crippen molar-refractivity contribution in [2.24, 2.45) is 5.73 Å². The van der Waals surface area contributed by atoms with E-state index in [0.717, 1.165) is 12.1 Å². The van der Waals surface area contributed by atoms with Crippen molar-refractivity contribution in [3.63, 3.8) is 0 Å². The number of hydrogen-bond donors (Lipinski definition) is 1. The Morgan fingerprint density at radius 1 is 1.28 bits per heavy atom. The maximum absolute atomic E-state index is 13.4. The molecule has 1 aromatic rings. The lowest BCUT2D eigenvalue weighted by Crippen LogP contribution is -2.32. The van der Waals surface area contributed by atoms with E-state index in [1.807, 2.05) is 12.1 Å². The van der Waals surface area contributed by atoms with E-state index in [9.17, 15) is 4.39 Å². The van der Waals surface area contributed by atoms with Crippen molar-refractivity contribution in [1.82, 2.24) is 4.90 Å². The Kier molecular flexibility index (Phi) is 4.72. The summed E-state index contributed by atoms with van der Waals surface area (Å²) in [6.45, 7) is 1.16. The molecule has 0 saturated heterocycles. The molecule has 0 unspecified atom stereocenters. The molecular weight excluding hydrogens is 227 g/mol. The molecular formula is C15H23FN2. The van der Waals surface area contributed by atoms with Crippen LogP contribution in [0.3, 0.4) is 0 Å². The lowest BCUT2D eigenvalue weighted by atomic mass is 9.94. The van der Waals surface area contributed by atoms with Crippen molar-refractivity contribution in [3.8, 4) is 0 Å². The fourth-order valence-electron chi connectivity index (χ4n) is 2.82. The normalized spacial score (nSPS) is 17.3. The smallest absolute Gasteiger partial charge is 0.127 e. The zero-order valence-corrected chi connectivity index (χ0v) is 11.2. The third-order valence-electron chi connectivity index (χ3n) is 3.96. The lowest BCUT2D eigenvalue weighted by molar-refractivity contribution is 0.184. The molecule has 0 bridgehead atoms. The molecule has 1 aliphatic carbocycles. The number of rotatable bonds is 4. The Morgan fingerprint density at radius 3 is 2.67 bits per heavy atom. The van der Waals surface area contributed by atoms with E-state index < -0.39 is 0 Å². The van der Waals surface area contributed by atoms with Gasteiger partial charge in [-0.1, -0.05) is 31.4 Å². The molecule has 100 valence electrons. The Morgan fingerprint density at radius 2 is 2.00 bits per heavy atom. The third kappa shape index (κ3) is 3.30. The summed E-state index contributed by atoms with van der Waals surface area (Å²) >= 11 is 0. The van der Waals surface area contributed by atoms with Crippen LogP contribution in [-0.2, 0) is 13.1 Å². The molecule has 0 aromatic heterocycles. The zero-order chi connectivity index (χ0) is 13.0. The summed E-state index contributed by atoms with van der Waals surface area (Å²) in [7, 11) is 2.17. The fraction of sp³-hybridized carbons (Fsp3) is 0.600. The summed E-state index contributed by atoms with van der Waals surface area (Å²) in [5.74, 6) is -0.193. The van der Waals surface area contributed by atoms with E-state index in [0.29, 0.717) is 11.6 Å². The maximum Gasteiger partial charge on any atom is 0.127 e. The Labute approximate surface area is 109 Å². The minimum atomic E-state index is -0.193. The number of nitrogens with zero attached hydrogens (tertiary/aromatic N) is 1. The van der Waals surface area contributed by atoms with Crippen molar-refractivity contribution in [1.29, 1.82) is 0 Å². The summed E-state index contributed by atoms with van der Waals surface area (Å²) in [5, 5.41) is 0. The first kappa shape index (κ1) is 13.5. The molecule has 18 heavy (non-hydrogen) atoms. The van der Waals surface area contributed by atoms with Crippen LogP contribution in [0.15, 0.2) is 18.2 Å². The van der Waals surface area contributed by atoms with Crippen LogP contribution in [-0.4, -0.2) is 18.0 Å². The first-order chi connectivity index (χ1) is 8.70. The highest BCUT2D eigenvalue weighted by molar-refractivity contribution is 5.25. The average molecular weight is 250 g/mol. The summed E-state index contributed by atoms with van der Waals surface area (Å²) in [6, 6.07) is 5.99. The van der Waals surface area contributed by atoms with Crippen LogP contribution in [0.25, 0.3) is 0 Å². The summed E-state index contributed by atoms with van der Waals surface area (Å²) in [5.41, 5.74) is 7.31. The molecule has 1 aliphatic rings. The standard InChI is InChI=1S/C15H23FN2/c1-18(14-5-3-2-4-6-14)11-12-7-8-15(16)13(9-12)10-17/h7-9,14H,2-6,10-11,17H2,1H3. The van der Waals surface area contributed by atoms with Crippen molar-refractivity contribution >= 4 is 0 Å². The van der Waals surface area contributed by atoms with Crippen molar-refractivity contribution < 1.29 is 4.39 Å². The summed E-state index contributed by atoms with van der Waals surface area (Å²) < 4.78 is 13.4. The van der Waals surface area contributed by atoms with Gasteiger partial charge in [-0.25, -0.2) is 4.39 Å². The Bertz CT molecular complexity index is 386. The van der Waals surface area contributed by atoms with Crippen LogP contribution in [0, 0.1) is 5.82 Å². The van der Waals surface area contributed by atoms with Gasteiger partial charge in [0.05, 0.1) is 0 Å². The van der Waals surface area contributed by atoms with Gasteiger partial charge in [-0.05, 0) is 31.5 Å². The van der Waals surface area contributed by atoms with Gasteiger partial charge in [-0.15, -0.1) is 0 Å². The maximum atomic E-state index is 13.4. The molecule has 0 amide bonds. The largest absolute Gasteiger partial charge is 0.326 e. The molecule has 0 aliphatic heterocycles.